The summed E-state index contributed by atoms with van der Waals surface area (Å²) in [6.45, 7) is 6.22. The third-order valence-electron chi connectivity index (χ3n) is 4.64. The van der Waals surface area contributed by atoms with Crippen molar-refractivity contribution in [3.63, 3.8) is 0 Å². The molecule has 0 radical (unpaired) electrons. The Morgan fingerprint density at radius 1 is 0.920 bits per heavy atom. The van der Waals surface area contributed by atoms with Gasteiger partial charge in [0.25, 0.3) is 0 Å². The SMILES string of the molecule is COc1ccc(S(=O)(=O)N2CCN(c3ccc(C)cc3)CC2)c(C)c1. The molecule has 134 valence electrons. The first-order valence-corrected chi connectivity index (χ1v) is 9.82. The van der Waals surface area contributed by atoms with Crippen LogP contribution in [0.4, 0.5) is 5.69 Å². The van der Waals surface area contributed by atoms with E-state index in [1.54, 1.807) is 36.5 Å². The van der Waals surface area contributed by atoms with Crippen LogP contribution in [0.5, 0.6) is 5.75 Å². The van der Waals surface area contributed by atoms with Crippen LogP contribution in [0.3, 0.4) is 0 Å². The van der Waals surface area contributed by atoms with Crippen molar-refractivity contribution in [1.29, 1.82) is 0 Å². The van der Waals surface area contributed by atoms with Crippen molar-refractivity contribution in [3.05, 3.63) is 53.6 Å². The van der Waals surface area contributed by atoms with Gasteiger partial charge in [0, 0.05) is 31.9 Å². The molecule has 0 aliphatic carbocycles. The van der Waals surface area contributed by atoms with Crippen LogP contribution in [0.15, 0.2) is 47.4 Å². The number of hydrogen-bond acceptors (Lipinski definition) is 4. The van der Waals surface area contributed by atoms with E-state index >= 15 is 0 Å². The molecule has 0 amide bonds. The predicted octanol–water partition coefficient (Wildman–Crippen LogP) is 2.82. The molecule has 0 unspecified atom stereocenters. The van der Waals surface area contributed by atoms with Gasteiger partial charge in [-0.15, -0.1) is 0 Å². The lowest BCUT2D eigenvalue weighted by Crippen LogP contribution is -2.48. The maximum absolute atomic E-state index is 13.0. The highest BCUT2D eigenvalue weighted by atomic mass is 32.2. The molecule has 0 N–H and O–H groups in total. The van der Waals surface area contributed by atoms with Crippen molar-refractivity contribution >= 4 is 15.7 Å². The van der Waals surface area contributed by atoms with Gasteiger partial charge in [-0.1, -0.05) is 17.7 Å². The van der Waals surface area contributed by atoms with Crippen LogP contribution in [0.2, 0.25) is 0 Å². The highest BCUT2D eigenvalue weighted by Gasteiger charge is 2.29. The van der Waals surface area contributed by atoms with E-state index in [0.29, 0.717) is 42.4 Å². The van der Waals surface area contributed by atoms with Crippen LogP contribution in [0.25, 0.3) is 0 Å². The largest absolute Gasteiger partial charge is 0.497 e. The van der Waals surface area contributed by atoms with Crippen LogP contribution in [0, 0.1) is 13.8 Å². The van der Waals surface area contributed by atoms with Crippen molar-refractivity contribution in [1.82, 2.24) is 4.31 Å². The summed E-state index contributed by atoms with van der Waals surface area (Å²) in [5, 5.41) is 0. The van der Waals surface area contributed by atoms with Crippen LogP contribution in [-0.2, 0) is 10.0 Å². The Bertz CT molecular complexity index is 839. The highest BCUT2D eigenvalue weighted by Crippen LogP contribution is 2.26. The van der Waals surface area contributed by atoms with Crippen molar-refractivity contribution in [2.45, 2.75) is 18.7 Å². The number of sulfonamides is 1. The van der Waals surface area contributed by atoms with Gasteiger partial charge in [-0.3, -0.25) is 0 Å². The molecule has 1 fully saturated rings. The minimum absolute atomic E-state index is 0.358. The highest BCUT2D eigenvalue weighted by molar-refractivity contribution is 7.89. The second kappa shape index (κ2) is 7.06. The van der Waals surface area contributed by atoms with Gasteiger partial charge in [-0.2, -0.15) is 4.31 Å². The van der Waals surface area contributed by atoms with Crippen molar-refractivity contribution in [3.8, 4) is 5.75 Å². The van der Waals surface area contributed by atoms with E-state index in [1.807, 2.05) is 0 Å². The molecule has 2 aromatic rings. The maximum Gasteiger partial charge on any atom is 0.243 e. The average Bonchev–Trinajstić information content (AvgIpc) is 2.62. The minimum atomic E-state index is -3.48. The maximum atomic E-state index is 13.0. The Morgan fingerprint density at radius 2 is 1.56 bits per heavy atom. The zero-order chi connectivity index (χ0) is 18.0. The number of anilines is 1. The summed E-state index contributed by atoms with van der Waals surface area (Å²) >= 11 is 0. The molecule has 5 nitrogen and oxygen atoms in total. The third kappa shape index (κ3) is 3.65. The van der Waals surface area contributed by atoms with Gasteiger partial charge in [0.2, 0.25) is 10.0 Å². The number of benzene rings is 2. The molecular formula is C19H24N2O3S. The van der Waals surface area contributed by atoms with Gasteiger partial charge in [0.15, 0.2) is 0 Å². The molecule has 0 aromatic heterocycles. The number of nitrogens with zero attached hydrogens (tertiary/aromatic N) is 2. The van der Waals surface area contributed by atoms with E-state index in [4.69, 9.17) is 4.74 Å². The summed E-state index contributed by atoms with van der Waals surface area (Å²) in [5.74, 6) is 0.667. The summed E-state index contributed by atoms with van der Waals surface area (Å²) in [5.41, 5.74) is 3.07. The van der Waals surface area contributed by atoms with Crippen LogP contribution in [0.1, 0.15) is 11.1 Å². The molecule has 6 heteroatoms. The second-order valence-electron chi connectivity index (χ2n) is 6.36. The summed E-state index contributed by atoms with van der Waals surface area (Å²) in [7, 11) is -1.90. The van der Waals surface area contributed by atoms with E-state index < -0.39 is 10.0 Å². The van der Waals surface area contributed by atoms with Crippen molar-refractivity contribution in [2.75, 3.05) is 38.2 Å². The normalized spacial score (nSPS) is 16.0. The third-order valence-corrected chi connectivity index (χ3v) is 6.70. The predicted molar refractivity (Wildman–Crippen MR) is 99.9 cm³/mol. The smallest absolute Gasteiger partial charge is 0.243 e. The zero-order valence-corrected chi connectivity index (χ0v) is 15.7. The summed E-state index contributed by atoms with van der Waals surface area (Å²) in [4.78, 5) is 2.59. The molecule has 0 saturated carbocycles. The second-order valence-corrected chi connectivity index (χ2v) is 8.26. The number of methoxy groups -OCH3 is 1. The van der Waals surface area contributed by atoms with Gasteiger partial charge in [0.1, 0.15) is 5.75 Å². The van der Waals surface area contributed by atoms with Gasteiger partial charge in [-0.25, -0.2) is 8.42 Å². The van der Waals surface area contributed by atoms with E-state index in [9.17, 15) is 8.42 Å². The molecule has 1 aliphatic heterocycles. The molecule has 1 heterocycles. The summed E-state index contributed by atoms with van der Waals surface area (Å²) in [6, 6.07) is 13.4. The lowest BCUT2D eigenvalue weighted by Gasteiger charge is -2.35. The van der Waals surface area contributed by atoms with E-state index in [1.165, 1.54) is 5.56 Å². The number of hydrogen-bond donors (Lipinski definition) is 0. The molecule has 0 bridgehead atoms. The molecule has 2 aromatic carbocycles. The fourth-order valence-corrected chi connectivity index (χ4v) is 4.75. The molecule has 0 spiro atoms. The van der Waals surface area contributed by atoms with Crippen molar-refractivity contribution in [2.24, 2.45) is 0 Å². The molecule has 1 aliphatic rings. The minimum Gasteiger partial charge on any atom is -0.497 e. The van der Waals surface area contributed by atoms with Crippen LogP contribution in [-0.4, -0.2) is 46.0 Å². The first-order valence-electron chi connectivity index (χ1n) is 8.38. The molecule has 1 saturated heterocycles. The monoisotopic (exact) mass is 360 g/mol. The Kier molecular flexibility index (Phi) is 5.01. The van der Waals surface area contributed by atoms with E-state index in [-0.39, 0.29) is 0 Å². The number of piperazine rings is 1. The quantitative estimate of drug-likeness (QED) is 0.841. The lowest BCUT2D eigenvalue weighted by atomic mass is 10.2. The van der Waals surface area contributed by atoms with E-state index in [2.05, 4.69) is 36.1 Å². The van der Waals surface area contributed by atoms with E-state index in [0.717, 1.165) is 5.69 Å². The molecule has 25 heavy (non-hydrogen) atoms. The molecular weight excluding hydrogens is 336 g/mol. The average molecular weight is 360 g/mol. The number of ether oxygens (including phenoxy) is 1. The Hall–Kier alpha value is -2.05. The van der Waals surface area contributed by atoms with Gasteiger partial charge >= 0.3 is 0 Å². The Morgan fingerprint density at radius 3 is 2.12 bits per heavy atom. The Balaban J connectivity index is 1.74. The first kappa shape index (κ1) is 17.8. The Labute approximate surface area is 149 Å². The van der Waals surface area contributed by atoms with Crippen LogP contribution < -0.4 is 9.64 Å². The fraction of sp³-hybridized carbons (Fsp3) is 0.368. The van der Waals surface area contributed by atoms with Gasteiger partial charge in [0.05, 0.1) is 12.0 Å². The van der Waals surface area contributed by atoms with Gasteiger partial charge in [-0.05, 0) is 49.7 Å². The van der Waals surface area contributed by atoms with Gasteiger partial charge < -0.3 is 9.64 Å². The molecule has 0 atom stereocenters. The van der Waals surface area contributed by atoms with Crippen LogP contribution >= 0.6 is 0 Å². The summed E-state index contributed by atoms with van der Waals surface area (Å²) < 4.78 is 32.7. The standard InChI is InChI=1S/C19H24N2O3S/c1-15-4-6-17(7-5-15)20-10-12-21(13-11-20)25(22,23)19-9-8-18(24-3)14-16(19)2/h4-9,14H,10-13H2,1-3H3. The first-order chi connectivity index (χ1) is 11.9. The fourth-order valence-electron chi connectivity index (χ4n) is 3.12. The lowest BCUT2D eigenvalue weighted by molar-refractivity contribution is 0.384. The van der Waals surface area contributed by atoms with Crippen molar-refractivity contribution < 1.29 is 13.2 Å². The molecule has 3 rings (SSSR count). The topological polar surface area (TPSA) is 49.9 Å². The number of aryl methyl sites for hydroxylation is 2. The summed E-state index contributed by atoms with van der Waals surface area (Å²) in [6.07, 6.45) is 0. The zero-order valence-electron chi connectivity index (χ0n) is 14.9. The number of rotatable bonds is 4.